The molecule has 1 aliphatic rings. The summed E-state index contributed by atoms with van der Waals surface area (Å²) in [6.45, 7) is 6.80. The second-order valence-electron chi connectivity index (χ2n) is 6.18. The van der Waals surface area contributed by atoms with Crippen molar-refractivity contribution in [3.63, 3.8) is 0 Å². The van der Waals surface area contributed by atoms with Crippen molar-refractivity contribution in [3.8, 4) is 0 Å². The highest BCUT2D eigenvalue weighted by Crippen LogP contribution is 2.28. The van der Waals surface area contributed by atoms with Crippen LogP contribution < -0.4 is 0 Å². The molecule has 4 heterocycles. The quantitative estimate of drug-likeness (QED) is 0.711. The lowest BCUT2D eigenvalue weighted by Gasteiger charge is -2.18. The Bertz CT molecular complexity index is 928. The van der Waals surface area contributed by atoms with Crippen molar-refractivity contribution in [3.05, 3.63) is 40.9 Å². The van der Waals surface area contributed by atoms with Gasteiger partial charge in [0.2, 0.25) is 5.89 Å². The van der Waals surface area contributed by atoms with Crippen LogP contribution in [0.5, 0.6) is 0 Å². The molecule has 1 aliphatic heterocycles. The summed E-state index contributed by atoms with van der Waals surface area (Å²) < 4.78 is 6.95. The molecule has 3 aromatic rings. The summed E-state index contributed by atoms with van der Waals surface area (Å²) in [6, 6.07) is 1.83. The molecule has 1 saturated heterocycles. The molecule has 8 heteroatoms. The second-order valence-corrected chi connectivity index (χ2v) is 6.18. The van der Waals surface area contributed by atoms with Gasteiger partial charge in [0.1, 0.15) is 0 Å². The molecule has 0 N–H and O–H groups in total. The summed E-state index contributed by atoms with van der Waals surface area (Å²) in [7, 11) is 0. The van der Waals surface area contributed by atoms with E-state index in [1.54, 1.807) is 17.6 Å². The fourth-order valence-corrected chi connectivity index (χ4v) is 3.33. The summed E-state index contributed by atoms with van der Waals surface area (Å²) in [5, 5.41) is 8.08. The van der Waals surface area contributed by atoms with E-state index in [9.17, 15) is 4.79 Å². The van der Waals surface area contributed by atoms with Crippen LogP contribution in [0.2, 0.25) is 0 Å². The van der Waals surface area contributed by atoms with Crippen LogP contribution in [-0.4, -0.2) is 48.6 Å². The molecule has 124 valence electrons. The maximum atomic E-state index is 13.0. The summed E-state index contributed by atoms with van der Waals surface area (Å²) in [5.41, 5.74) is 2.91. The molecular weight excluding hydrogens is 308 g/mol. The van der Waals surface area contributed by atoms with Gasteiger partial charge in [-0.1, -0.05) is 5.16 Å². The normalized spacial score (nSPS) is 17.8. The van der Waals surface area contributed by atoms with Crippen LogP contribution in [0.4, 0.5) is 0 Å². The molecule has 8 nitrogen and oxygen atoms in total. The zero-order valence-electron chi connectivity index (χ0n) is 13.9. The number of fused-ring (bicyclic) bond motifs is 1. The number of rotatable bonds is 2. The fourth-order valence-electron chi connectivity index (χ4n) is 3.33. The van der Waals surface area contributed by atoms with Gasteiger partial charge in [0.25, 0.3) is 5.91 Å². The molecule has 0 aliphatic carbocycles. The molecule has 0 aromatic carbocycles. The molecule has 1 fully saturated rings. The highest BCUT2D eigenvalue weighted by atomic mass is 16.5. The number of hydrogen-bond donors (Lipinski definition) is 0. The van der Waals surface area contributed by atoms with Crippen molar-refractivity contribution < 1.29 is 9.32 Å². The minimum Gasteiger partial charge on any atom is -0.339 e. The summed E-state index contributed by atoms with van der Waals surface area (Å²) in [6.07, 6.45) is 2.51. The van der Waals surface area contributed by atoms with Crippen LogP contribution in [0.3, 0.4) is 0 Å². The van der Waals surface area contributed by atoms with Crippen molar-refractivity contribution in [2.24, 2.45) is 0 Å². The van der Waals surface area contributed by atoms with Crippen LogP contribution in [0.15, 0.2) is 16.8 Å². The molecule has 0 radical (unpaired) electrons. The van der Waals surface area contributed by atoms with Crippen molar-refractivity contribution in [2.75, 3.05) is 13.1 Å². The summed E-state index contributed by atoms with van der Waals surface area (Å²) in [4.78, 5) is 23.6. The molecule has 1 amide bonds. The monoisotopic (exact) mass is 326 g/mol. The smallest absolute Gasteiger partial charge is 0.257 e. The Morgan fingerprint density at radius 3 is 2.88 bits per heavy atom. The third kappa shape index (κ3) is 2.26. The first-order valence-corrected chi connectivity index (χ1v) is 7.95. The average Bonchev–Trinajstić information content (AvgIpc) is 3.25. The van der Waals surface area contributed by atoms with Crippen LogP contribution in [0.1, 0.15) is 45.8 Å². The van der Waals surface area contributed by atoms with Gasteiger partial charge >= 0.3 is 0 Å². The van der Waals surface area contributed by atoms with Crippen molar-refractivity contribution in [2.45, 2.75) is 33.1 Å². The summed E-state index contributed by atoms with van der Waals surface area (Å²) in [5.74, 6) is 1.30. The van der Waals surface area contributed by atoms with Crippen LogP contribution in [0.25, 0.3) is 5.65 Å². The van der Waals surface area contributed by atoms with E-state index in [0.29, 0.717) is 30.4 Å². The first-order chi connectivity index (χ1) is 11.5. The van der Waals surface area contributed by atoms with Crippen molar-refractivity contribution >= 4 is 11.6 Å². The standard InChI is InChI=1S/C16H18N6O2/c1-9-14(10(2)22-13(18-9)4-6-17-22)16(23)21-7-5-12(8-21)15-19-11(3)20-24-15/h4,6,12H,5,7-8H2,1-3H3. The second kappa shape index (κ2) is 5.40. The molecule has 24 heavy (non-hydrogen) atoms. The zero-order chi connectivity index (χ0) is 16.8. The largest absolute Gasteiger partial charge is 0.339 e. The number of aryl methyl sites for hydroxylation is 3. The first-order valence-electron chi connectivity index (χ1n) is 7.95. The van der Waals surface area contributed by atoms with E-state index >= 15 is 0 Å². The average molecular weight is 326 g/mol. The van der Waals surface area contributed by atoms with E-state index in [4.69, 9.17) is 4.52 Å². The van der Waals surface area contributed by atoms with E-state index in [0.717, 1.165) is 23.5 Å². The number of amides is 1. The minimum absolute atomic E-state index is 0.0198. The number of aromatic nitrogens is 5. The number of hydrogen-bond acceptors (Lipinski definition) is 6. The highest BCUT2D eigenvalue weighted by Gasteiger charge is 2.33. The Hall–Kier alpha value is -2.77. The maximum Gasteiger partial charge on any atom is 0.257 e. The number of nitrogens with zero attached hydrogens (tertiary/aromatic N) is 6. The SMILES string of the molecule is Cc1noc(C2CCN(C(=O)c3c(C)nc4ccnn4c3C)C2)n1. The van der Waals surface area contributed by atoms with Crippen molar-refractivity contribution in [1.29, 1.82) is 0 Å². The molecule has 0 saturated carbocycles. The molecule has 3 aromatic heterocycles. The van der Waals surface area contributed by atoms with Crippen LogP contribution >= 0.6 is 0 Å². The first kappa shape index (κ1) is 14.8. The fraction of sp³-hybridized carbons (Fsp3) is 0.438. The van der Waals surface area contributed by atoms with E-state index in [1.807, 2.05) is 24.8 Å². The Kier molecular flexibility index (Phi) is 3.33. The van der Waals surface area contributed by atoms with Gasteiger partial charge in [-0.25, -0.2) is 9.50 Å². The Balaban J connectivity index is 1.63. The molecular formula is C16H18N6O2. The Morgan fingerprint density at radius 2 is 2.12 bits per heavy atom. The lowest BCUT2D eigenvalue weighted by atomic mass is 10.1. The van der Waals surface area contributed by atoms with E-state index < -0.39 is 0 Å². The van der Waals surface area contributed by atoms with E-state index in [1.165, 1.54) is 0 Å². The van der Waals surface area contributed by atoms with Gasteiger partial charge < -0.3 is 9.42 Å². The molecule has 4 rings (SSSR count). The minimum atomic E-state index is -0.0198. The van der Waals surface area contributed by atoms with E-state index in [-0.39, 0.29) is 11.8 Å². The lowest BCUT2D eigenvalue weighted by molar-refractivity contribution is 0.0787. The van der Waals surface area contributed by atoms with Gasteiger partial charge in [-0.05, 0) is 27.2 Å². The Morgan fingerprint density at radius 1 is 1.29 bits per heavy atom. The molecule has 0 spiro atoms. The molecule has 1 atom stereocenters. The van der Waals surface area contributed by atoms with Gasteiger partial charge in [0.05, 0.1) is 29.1 Å². The topological polar surface area (TPSA) is 89.4 Å². The number of carbonyl (C=O) groups excluding carboxylic acids is 1. The zero-order valence-corrected chi connectivity index (χ0v) is 13.9. The molecule has 0 bridgehead atoms. The summed E-state index contributed by atoms with van der Waals surface area (Å²) >= 11 is 0. The highest BCUT2D eigenvalue weighted by molar-refractivity contribution is 5.96. The third-order valence-electron chi connectivity index (χ3n) is 4.53. The molecule has 1 unspecified atom stereocenters. The number of likely N-dealkylation sites (tertiary alicyclic amines) is 1. The van der Waals surface area contributed by atoms with Gasteiger partial charge in [0.15, 0.2) is 11.5 Å². The van der Waals surface area contributed by atoms with Crippen LogP contribution in [0, 0.1) is 20.8 Å². The van der Waals surface area contributed by atoms with Gasteiger partial charge in [-0.3, -0.25) is 4.79 Å². The van der Waals surface area contributed by atoms with Gasteiger partial charge in [-0.15, -0.1) is 0 Å². The van der Waals surface area contributed by atoms with Crippen LogP contribution in [-0.2, 0) is 0 Å². The third-order valence-corrected chi connectivity index (χ3v) is 4.53. The number of carbonyl (C=O) groups is 1. The van der Waals surface area contributed by atoms with Gasteiger partial charge in [0, 0.05) is 19.2 Å². The van der Waals surface area contributed by atoms with E-state index in [2.05, 4.69) is 20.2 Å². The maximum absolute atomic E-state index is 13.0. The van der Waals surface area contributed by atoms with Crippen molar-refractivity contribution in [1.82, 2.24) is 29.6 Å². The Labute approximate surface area is 138 Å². The van der Waals surface area contributed by atoms with Gasteiger partial charge in [-0.2, -0.15) is 10.1 Å². The lowest BCUT2D eigenvalue weighted by Crippen LogP contribution is -2.30. The predicted octanol–water partition coefficient (Wildman–Crippen LogP) is 1.67. The predicted molar refractivity (Wildman–Crippen MR) is 84.8 cm³/mol.